The van der Waals surface area contributed by atoms with Crippen molar-refractivity contribution in [3.8, 4) is 11.5 Å². The summed E-state index contributed by atoms with van der Waals surface area (Å²) in [5.74, 6) is 0.947. The van der Waals surface area contributed by atoms with Crippen LogP contribution in [-0.2, 0) is 9.59 Å². The van der Waals surface area contributed by atoms with E-state index in [2.05, 4.69) is 0 Å². The van der Waals surface area contributed by atoms with Crippen molar-refractivity contribution in [3.05, 3.63) is 53.6 Å². The zero-order valence-corrected chi connectivity index (χ0v) is 16.0. The number of carbonyl (C=O) groups is 2. The van der Waals surface area contributed by atoms with Crippen LogP contribution in [0.2, 0.25) is 5.02 Å². The summed E-state index contributed by atoms with van der Waals surface area (Å²) in [6, 6.07) is 13.5. The van der Waals surface area contributed by atoms with Crippen LogP contribution in [0.1, 0.15) is 6.92 Å². The first kappa shape index (κ1) is 19.0. The number of hydrogen-bond acceptors (Lipinski definition) is 4. The largest absolute Gasteiger partial charge is 0.497 e. The Labute approximate surface area is 163 Å². The highest BCUT2D eigenvalue weighted by Crippen LogP contribution is 2.23. The molecule has 142 valence electrons. The molecule has 0 aliphatic carbocycles. The molecular weight excluding hydrogens is 368 g/mol. The summed E-state index contributed by atoms with van der Waals surface area (Å²) >= 11 is 5.83. The van der Waals surface area contributed by atoms with E-state index in [4.69, 9.17) is 21.1 Å². The van der Waals surface area contributed by atoms with E-state index in [9.17, 15) is 9.59 Å². The van der Waals surface area contributed by atoms with Crippen LogP contribution in [0.4, 0.5) is 5.69 Å². The highest BCUT2D eigenvalue weighted by molar-refractivity contribution is 6.30. The second-order valence-electron chi connectivity index (χ2n) is 6.19. The van der Waals surface area contributed by atoms with Crippen molar-refractivity contribution in [1.29, 1.82) is 0 Å². The SMILES string of the molecule is COc1ccc(N2CCN(C(=O)COc3ccc(Cl)cc3)[C@@H](C)C2=O)cc1. The maximum absolute atomic E-state index is 12.8. The number of benzene rings is 2. The Morgan fingerprint density at radius 2 is 1.70 bits per heavy atom. The molecule has 0 N–H and O–H groups in total. The fourth-order valence-electron chi connectivity index (χ4n) is 2.99. The van der Waals surface area contributed by atoms with Gasteiger partial charge in [0, 0.05) is 23.8 Å². The van der Waals surface area contributed by atoms with Gasteiger partial charge in [-0.1, -0.05) is 11.6 Å². The van der Waals surface area contributed by atoms with Gasteiger partial charge < -0.3 is 19.3 Å². The van der Waals surface area contributed by atoms with E-state index in [1.54, 1.807) is 48.1 Å². The van der Waals surface area contributed by atoms with Gasteiger partial charge in [0.1, 0.15) is 17.5 Å². The summed E-state index contributed by atoms with van der Waals surface area (Å²) in [5, 5.41) is 0.600. The van der Waals surface area contributed by atoms with E-state index in [-0.39, 0.29) is 18.4 Å². The summed E-state index contributed by atoms with van der Waals surface area (Å²) in [4.78, 5) is 28.5. The van der Waals surface area contributed by atoms with Crippen LogP contribution < -0.4 is 14.4 Å². The zero-order valence-electron chi connectivity index (χ0n) is 15.2. The Morgan fingerprint density at radius 1 is 1.07 bits per heavy atom. The predicted molar refractivity (Wildman–Crippen MR) is 103 cm³/mol. The second kappa shape index (κ2) is 8.31. The number of nitrogens with zero attached hydrogens (tertiary/aromatic N) is 2. The predicted octanol–water partition coefficient (Wildman–Crippen LogP) is 2.99. The maximum Gasteiger partial charge on any atom is 0.261 e. The van der Waals surface area contributed by atoms with Gasteiger partial charge in [0.25, 0.3) is 5.91 Å². The molecule has 0 radical (unpaired) electrons. The number of ether oxygens (including phenoxy) is 2. The quantitative estimate of drug-likeness (QED) is 0.790. The molecule has 0 saturated carbocycles. The lowest BCUT2D eigenvalue weighted by atomic mass is 10.1. The number of halogens is 1. The third kappa shape index (κ3) is 4.34. The molecule has 0 spiro atoms. The van der Waals surface area contributed by atoms with E-state index < -0.39 is 6.04 Å². The van der Waals surface area contributed by atoms with Crippen LogP contribution >= 0.6 is 11.6 Å². The number of methoxy groups -OCH3 is 1. The zero-order chi connectivity index (χ0) is 19.4. The van der Waals surface area contributed by atoms with Gasteiger partial charge >= 0.3 is 0 Å². The monoisotopic (exact) mass is 388 g/mol. The van der Waals surface area contributed by atoms with Gasteiger partial charge in [0.2, 0.25) is 5.91 Å². The first-order valence-electron chi connectivity index (χ1n) is 8.63. The first-order chi connectivity index (χ1) is 13.0. The summed E-state index contributed by atoms with van der Waals surface area (Å²) < 4.78 is 10.7. The molecule has 1 heterocycles. The highest BCUT2D eigenvalue weighted by atomic mass is 35.5. The fourth-order valence-corrected chi connectivity index (χ4v) is 3.11. The van der Waals surface area contributed by atoms with E-state index in [0.717, 1.165) is 11.4 Å². The normalized spacial score (nSPS) is 17.0. The average Bonchev–Trinajstić information content (AvgIpc) is 2.69. The number of rotatable bonds is 5. The Balaban J connectivity index is 1.61. The Kier molecular flexibility index (Phi) is 5.86. The molecule has 1 atom stereocenters. The third-order valence-corrected chi connectivity index (χ3v) is 4.79. The van der Waals surface area contributed by atoms with Crippen molar-refractivity contribution in [2.45, 2.75) is 13.0 Å². The van der Waals surface area contributed by atoms with Gasteiger partial charge in [0.05, 0.1) is 7.11 Å². The van der Waals surface area contributed by atoms with Gasteiger partial charge in [-0.3, -0.25) is 9.59 Å². The molecule has 3 rings (SSSR count). The molecule has 2 aromatic carbocycles. The number of carbonyl (C=O) groups excluding carboxylic acids is 2. The molecule has 1 aliphatic heterocycles. The van der Waals surface area contributed by atoms with Crippen LogP contribution in [0, 0.1) is 0 Å². The van der Waals surface area contributed by atoms with E-state index in [0.29, 0.717) is 23.9 Å². The molecule has 6 nitrogen and oxygen atoms in total. The lowest BCUT2D eigenvalue weighted by Crippen LogP contribution is -2.58. The van der Waals surface area contributed by atoms with E-state index in [1.165, 1.54) is 0 Å². The minimum Gasteiger partial charge on any atom is -0.497 e. The van der Waals surface area contributed by atoms with E-state index >= 15 is 0 Å². The van der Waals surface area contributed by atoms with Gasteiger partial charge in [-0.2, -0.15) is 0 Å². The number of hydrogen-bond donors (Lipinski definition) is 0. The molecule has 7 heteroatoms. The molecule has 0 bridgehead atoms. The van der Waals surface area contributed by atoms with Crippen molar-refractivity contribution >= 4 is 29.1 Å². The topological polar surface area (TPSA) is 59.1 Å². The Morgan fingerprint density at radius 3 is 2.33 bits per heavy atom. The van der Waals surface area contributed by atoms with Gasteiger partial charge in [-0.15, -0.1) is 0 Å². The molecule has 2 amide bonds. The third-order valence-electron chi connectivity index (χ3n) is 4.54. The van der Waals surface area contributed by atoms with Gasteiger partial charge in [-0.25, -0.2) is 0 Å². The van der Waals surface area contributed by atoms with Gasteiger partial charge in [-0.05, 0) is 55.5 Å². The fraction of sp³-hybridized carbons (Fsp3) is 0.300. The lowest BCUT2D eigenvalue weighted by Gasteiger charge is -2.39. The molecule has 1 saturated heterocycles. The molecule has 2 aromatic rings. The average molecular weight is 389 g/mol. The molecule has 0 aromatic heterocycles. The van der Waals surface area contributed by atoms with Crippen molar-refractivity contribution in [2.24, 2.45) is 0 Å². The Hall–Kier alpha value is -2.73. The Bertz CT molecular complexity index is 808. The van der Waals surface area contributed by atoms with Crippen LogP contribution in [0.3, 0.4) is 0 Å². The number of amides is 2. The summed E-state index contributed by atoms with van der Waals surface area (Å²) in [6.45, 7) is 2.49. The summed E-state index contributed by atoms with van der Waals surface area (Å²) in [5.41, 5.74) is 0.789. The molecule has 1 fully saturated rings. The van der Waals surface area contributed by atoms with E-state index in [1.807, 2.05) is 24.3 Å². The van der Waals surface area contributed by atoms with Crippen LogP contribution in [0.25, 0.3) is 0 Å². The molecule has 0 unspecified atom stereocenters. The second-order valence-corrected chi connectivity index (χ2v) is 6.63. The molecular formula is C20H21ClN2O4. The van der Waals surface area contributed by atoms with Crippen LogP contribution in [0.5, 0.6) is 11.5 Å². The standard InChI is InChI=1S/C20H21ClN2O4/c1-14-20(25)23(16-5-9-17(26-2)10-6-16)12-11-22(14)19(24)13-27-18-7-3-15(21)4-8-18/h3-10,14H,11-13H2,1-2H3/t14-/m0/s1. The first-order valence-corrected chi connectivity index (χ1v) is 9.00. The van der Waals surface area contributed by atoms with Crippen molar-refractivity contribution in [1.82, 2.24) is 4.90 Å². The minimum absolute atomic E-state index is 0.119. The van der Waals surface area contributed by atoms with Crippen LogP contribution in [0.15, 0.2) is 48.5 Å². The molecule has 27 heavy (non-hydrogen) atoms. The number of piperazine rings is 1. The lowest BCUT2D eigenvalue weighted by molar-refractivity contribution is -0.142. The van der Waals surface area contributed by atoms with Crippen molar-refractivity contribution in [2.75, 3.05) is 31.7 Å². The van der Waals surface area contributed by atoms with Crippen molar-refractivity contribution < 1.29 is 19.1 Å². The summed E-state index contributed by atoms with van der Waals surface area (Å²) in [6.07, 6.45) is 0. The van der Waals surface area contributed by atoms with Crippen LogP contribution in [-0.4, -0.2) is 49.6 Å². The van der Waals surface area contributed by atoms with Crippen molar-refractivity contribution in [3.63, 3.8) is 0 Å². The molecule has 1 aliphatic rings. The minimum atomic E-state index is -0.554. The maximum atomic E-state index is 12.8. The van der Waals surface area contributed by atoms with Gasteiger partial charge in [0.15, 0.2) is 6.61 Å². The number of anilines is 1. The highest BCUT2D eigenvalue weighted by Gasteiger charge is 2.35. The summed E-state index contributed by atoms with van der Waals surface area (Å²) in [7, 11) is 1.60. The smallest absolute Gasteiger partial charge is 0.261 e.